The lowest BCUT2D eigenvalue weighted by molar-refractivity contribution is 0.203. The van der Waals surface area contributed by atoms with Gasteiger partial charge in [0, 0.05) is 23.8 Å². The first-order valence-corrected chi connectivity index (χ1v) is 12.1. The summed E-state index contributed by atoms with van der Waals surface area (Å²) in [6, 6.07) is 28.4. The standard InChI is InChI=1S/C24H22BrNO2S/c1-29(27,28)24(20-13-8-14-22(25)15-20)21-16-26(17-21)23(18-9-4-2-5-10-18)19-11-6-3-7-12-19/h2-15,23H,16-17H2,1H3. The van der Waals surface area contributed by atoms with Crippen LogP contribution < -0.4 is 0 Å². The number of likely N-dealkylation sites (tertiary alicyclic amines) is 1. The molecule has 1 fully saturated rings. The fourth-order valence-corrected chi connectivity index (χ4v) is 5.57. The Morgan fingerprint density at radius 2 is 1.41 bits per heavy atom. The molecule has 0 bridgehead atoms. The lowest BCUT2D eigenvalue weighted by atomic mass is 9.92. The van der Waals surface area contributed by atoms with Gasteiger partial charge in [-0.15, -0.1) is 0 Å². The molecular formula is C24H22BrNO2S. The zero-order valence-corrected chi connectivity index (χ0v) is 18.5. The number of benzene rings is 3. The molecule has 4 rings (SSSR count). The van der Waals surface area contributed by atoms with Gasteiger partial charge in [0.15, 0.2) is 9.84 Å². The van der Waals surface area contributed by atoms with Crippen LogP contribution in [-0.2, 0) is 9.84 Å². The highest BCUT2D eigenvalue weighted by molar-refractivity contribution is 9.10. The van der Waals surface area contributed by atoms with E-state index in [1.165, 1.54) is 17.4 Å². The summed E-state index contributed by atoms with van der Waals surface area (Å²) in [4.78, 5) is 2.78. The van der Waals surface area contributed by atoms with Gasteiger partial charge in [-0.3, -0.25) is 4.90 Å². The van der Waals surface area contributed by atoms with E-state index in [1.54, 1.807) is 0 Å². The maximum Gasteiger partial charge on any atom is 0.176 e. The number of hydrogen-bond acceptors (Lipinski definition) is 3. The molecule has 3 nitrogen and oxygen atoms in total. The molecule has 0 spiro atoms. The van der Waals surface area contributed by atoms with Gasteiger partial charge in [0.25, 0.3) is 0 Å². The third-order valence-electron chi connectivity index (χ3n) is 5.16. The number of nitrogens with zero attached hydrogens (tertiary/aromatic N) is 1. The molecule has 0 atom stereocenters. The zero-order chi connectivity index (χ0) is 20.4. The summed E-state index contributed by atoms with van der Waals surface area (Å²) >= 11 is 3.45. The van der Waals surface area contributed by atoms with Crippen LogP contribution in [0.3, 0.4) is 0 Å². The molecule has 1 aliphatic rings. The second-order valence-corrected chi connectivity index (χ2v) is 10.2. The number of halogens is 1. The van der Waals surface area contributed by atoms with Crippen LogP contribution in [0.25, 0.3) is 4.91 Å². The van der Waals surface area contributed by atoms with Crippen molar-refractivity contribution in [2.45, 2.75) is 6.04 Å². The van der Waals surface area contributed by atoms with Gasteiger partial charge >= 0.3 is 0 Å². The molecule has 148 valence electrons. The molecule has 0 aromatic heterocycles. The van der Waals surface area contributed by atoms with Gasteiger partial charge in [-0.2, -0.15) is 0 Å². The maximum absolute atomic E-state index is 12.6. The Morgan fingerprint density at radius 3 is 1.90 bits per heavy atom. The van der Waals surface area contributed by atoms with E-state index in [4.69, 9.17) is 0 Å². The van der Waals surface area contributed by atoms with E-state index >= 15 is 0 Å². The van der Waals surface area contributed by atoms with E-state index in [2.05, 4.69) is 45.1 Å². The maximum atomic E-state index is 12.6. The number of sulfone groups is 1. The van der Waals surface area contributed by atoms with E-state index in [9.17, 15) is 8.42 Å². The Balaban J connectivity index is 1.71. The van der Waals surface area contributed by atoms with E-state index in [0.717, 1.165) is 15.6 Å². The van der Waals surface area contributed by atoms with Crippen molar-refractivity contribution in [1.29, 1.82) is 0 Å². The van der Waals surface area contributed by atoms with Gasteiger partial charge < -0.3 is 0 Å². The molecule has 5 heteroatoms. The van der Waals surface area contributed by atoms with E-state index in [-0.39, 0.29) is 6.04 Å². The van der Waals surface area contributed by atoms with Crippen LogP contribution in [-0.4, -0.2) is 32.7 Å². The molecule has 0 N–H and O–H groups in total. The van der Waals surface area contributed by atoms with Gasteiger partial charge in [0.05, 0.1) is 10.9 Å². The van der Waals surface area contributed by atoms with Crippen molar-refractivity contribution < 1.29 is 8.42 Å². The van der Waals surface area contributed by atoms with E-state index < -0.39 is 9.84 Å². The fraction of sp³-hybridized carbons (Fsp3) is 0.167. The van der Waals surface area contributed by atoms with E-state index in [0.29, 0.717) is 18.0 Å². The molecule has 0 aliphatic carbocycles. The molecule has 1 aliphatic heterocycles. The molecule has 3 aromatic rings. The summed E-state index contributed by atoms with van der Waals surface area (Å²) in [5, 5.41) is 0. The second kappa shape index (κ2) is 8.27. The predicted octanol–water partition coefficient (Wildman–Crippen LogP) is 5.31. The molecule has 0 unspecified atom stereocenters. The first-order chi connectivity index (χ1) is 13.9. The molecule has 29 heavy (non-hydrogen) atoms. The molecule has 3 aromatic carbocycles. The Hall–Kier alpha value is -2.21. The smallest absolute Gasteiger partial charge is 0.176 e. The van der Waals surface area contributed by atoms with Crippen molar-refractivity contribution in [3.8, 4) is 0 Å². The molecule has 0 saturated carbocycles. The molecular weight excluding hydrogens is 446 g/mol. The monoisotopic (exact) mass is 467 g/mol. The van der Waals surface area contributed by atoms with Gasteiger partial charge in [-0.25, -0.2) is 8.42 Å². The third-order valence-corrected chi connectivity index (χ3v) is 6.92. The second-order valence-electron chi connectivity index (χ2n) is 7.34. The summed E-state index contributed by atoms with van der Waals surface area (Å²) in [6.07, 6.45) is 1.30. The zero-order valence-electron chi connectivity index (χ0n) is 16.1. The Morgan fingerprint density at radius 1 is 0.862 bits per heavy atom. The Bertz CT molecular complexity index is 1090. The predicted molar refractivity (Wildman–Crippen MR) is 122 cm³/mol. The van der Waals surface area contributed by atoms with Crippen LogP contribution in [0.2, 0.25) is 0 Å². The van der Waals surface area contributed by atoms with Crippen LogP contribution in [0.15, 0.2) is 95.0 Å². The van der Waals surface area contributed by atoms with Crippen LogP contribution >= 0.6 is 15.9 Å². The summed E-state index contributed by atoms with van der Waals surface area (Å²) in [5.41, 5.74) is 4.12. The quantitative estimate of drug-likeness (QED) is 0.510. The van der Waals surface area contributed by atoms with E-state index in [1.807, 2.05) is 60.7 Å². The van der Waals surface area contributed by atoms with Gasteiger partial charge in [0.2, 0.25) is 0 Å². The normalized spacial score (nSPS) is 14.7. The van der Waals surface area contributed by atoms with Crippen molar-refractivity contribution in [2.24, 2.45) is 0 Å². The van der Waals surface area contributed by atoms with Crippen molar-refractivity contribution in [1.82, 2.24) is 4.90 Å². The van der Waals surface area contributed by atoms with Crippen molar-refractivity contribution in [2.75, 3.05) is 19.3 Å². The lowest BCUT2D eigenvalue weighted by Crippen LogP contribution is -2.44. The largest absolute Gasteiger partial charge is 0.284 e. The first kappa shape index (κ1) is 20.1. The lowest BCUT2D eigenvalue weighted by Gasteiger charge is -2.42. The molecule has 0 amide bonds. The highest BCUT2D eigenvalue weighted by Crippen LogP contribution is 2.38. The van der Waals surface area contributed by atoms with Crippen LogP contribution in [0, 0.1) is 0 Å². The minimum atomic E-state index is -3.34. The summed E-state index contributed by atoms with van der Waals surface area (Å²) in [5.74, 6) is 0. The van der Waals surface area contributed by atoms with Gasteiger partial charge in [-0.1, -0.05) is 88.7 Å². The molecule has 1 saturated heterocycles. The van der Waals surface area contributed by atoms with Crippen LogP contribution in [0.1, 0.15) is 22.7 Å². The number of hydrogen-bond donors (Lipinski definition) is 0. The van der Waals surface area contributed by atoms with Gasteiger partial charge in [-0.05, 0) is 34.4 Å². The average molecular weight is 468 g/mol. The minimum Gasteiger partial charge on any atom is -0.284 e. The highest BCUT2D eigenvalue weighted by Gasteiger charge is 2.34. The third kappa shape index (κ3) is 4.37. The van der Waals surface area contributed by atoms with Crippen molar-refractivity contribution in [3.63, 3.8) is 0 Å². The molecule has 0 radical (unpaired) electrons. The van der Waals surface area contributed by atoms with Crippen LogP contribution in [0.4, 0.5) is 0 Å². The summed E-state index contributed by atoms with van der Waals surface area (Å²) < 4.78 is 26.1. The first-order valence-electron chi connectivity index (χ1n) is 9.45. The fourth-order valence-electron chi connectivity index (χ4n) is 3.97. The minimum absolute atomic E-state index is 0.101. The Labute approximate surface area is 180 Å². The average Bonchev–Trinajstić information content (AvgIpc) is 2.67. The summed E-state index contributed by atoms with van der Waals surface area (Å²) in [7, 11) is -3.34. The van der Waals surface area contributed by atoms with Crippen molar-refractivity contribution >= 4 is 30.7 Å². The molecule has 1 heterocycles. The Kier molecular flexibility index (Phi) is 5.72. The SMILES string of the molecule is CS(=O)(=O)C(=C1CN(C(c2ccccc2)c2ccccc2)C1)c1cccc(Br)c1. The summed E-state index contributed by atoms with van der Waals surface area (Å²) in [6.45, 7) is 1.26. The highest BCUT2D eigenvalue weighted by atomic mass is 79.9. The number of rotatable bonds is 5. The van der Waals surface area contributed by atoms with Crippen LogP contribution in [0.5, 0.6) is 0 Å². The van der Waals surface area contributed by atoms with Crippen molar-refractivity contribution in [3.05, 3.63) is 112 Å². The van der Waals surface area contributed by atoms with Gasteiger partial charge in [0.1, 0.15) is 0 Å². The topological polar surface area (TPSA) is 37.4 Å².